The van der Waals surface area contributed by atoms with Crippen LogP contribution in [0.5, 0.6) is 0 Å². The molecule has 0 aliphatic carbocycles. The minimum atomic E-state index is -0.915. The van der Waals surface area contributed by atoms with Gasteiger partial charge in [0.1, 0.15) is 0 Å². The van der Waals surface area contributed by atoms with Gasteiger partial charge in [-0.3, -0.25) is 0 Å². The Morgan fingerprint density at radius 3 is 2.64 bits per heavy atom. The van der Waals surface area contributed by atoms with Crippen molar-refractivity contribution < 1.29 is 9.90 Å². The summed E-state index contributed by atoms with van der Waals surface area (Å²) >= 11 is 7.28. The Labute approximate surface area is 91.6 Å². The molecular formula is C10H9ClO2S. The molecule has 0 aliphatic heterocycles. The number of halogens is 1. The van der Waals surface area contributed by atoms with Gasteiger partial charge < -0.3 is 5.11 Å². The monoisotopic (exact) mass is 228 g/mol. The normalized spacial score (nSPS) is 10.6. The summed E-state index contributed by atoms with van der Waals surface area (Å²) in [5.74, 6) is -0.268. The largest absolute Gasteiger partial charge is 0.478 e. The van der Waals surface area contributed by atoms with Gasteiger partial charge in [-0.1, -0.05) is 17.7 Å². The molecule has 0 saturated heterocycles. The Hall–Kier alpha value is -0.930. The second-order valence-corrected chi connectivity index (χ2v) is 4.04. The fraction of sp³-hybridized carbons (Fsp3) is 0.100. The van der Waals surface area contributed by atoms with Crippen molar-refractivity contribution in [3.05, 3.63) is 41.4 Å². The van der Waals surface area contributed by atoms with E-state index in [0.717, 1.165) is 11.0 Å². The quantitative estimate of drug-likeness (QED) is 0.636. The van der Waals surface area contributed by atoms with Gasteiger partial charge in [-0.05, 0) is 24.3 Å². The maximum absolute atomic E-state index is 10.1. The van der Waals surface area contributed by atoms with E-state index in [4.69, 9.17) is 16.7 Å². The third kappa shape index (κ3) is 4.35. The lowest BCUT2D eigenvalue weighted by Crippen LogP contribution is -1.86. The van der Waals surface area contributed by atoms with Crippen LogP contribution in [0.4, 0.5) is 0 Å². The Morgan fingerprint density at radius 1 is 1.43 bits per heavy atom. The molecule has 2 nitrogen and oxygen atoms in total. The summed E-state index contributed by atoms with van der Waals surface area (Å²) in [5.41, 5.74) is 0. The van der Waals surface area contributed by atoms with Gasteiger partial charge in [-0.2, -0.15) is 0 Å². The smallest absolute Gasteiger partial charge is 0.328 e. The zero-order chi connectivity index (χ0) is 10.4. The molecule has 1 aromatic carbocycles. The van der Waals surface area contributed by atoms with Crippen molar-refractivity contribution in [1.29, 1.82) is 0 Å². The molecule has 0 aliphatic rings. The van der Waals surface area contributed by atoms with Crippen LogP contribution in [0.2, 0.25) is 5.02 Å². The van der Waals surface area contributed by atoms with E-state index in [1.807, 2.05) is 24.3 Å². The molecule has 0 radical (unpaired) electrons. The van der Waals surface area contributed by atoms with Gasteiger partial charge >= 0.3 is 5.97 Å². The number of hydrogen-bond acceptors (Lipinski definition) is 2. The molecule has 0 atom stereocenters. The summed E-state index contributed by atoms with van der Waals surface area (Å²) < 4.78 is 0. The van der Waals surface area contributed by atoms with Gasteiger partial charge in [0, 0.05) is 21.7 Å². The highest BCUT2D eigenvalue weighted by atomic mass is 35.5. The van der Waals surface area contributed by atoms with E-state index in [2.05, 4.69) is 0 Å². The number of carboxylic acid groups (broad SMARTS) is 1. The van der Waals surface area contributed by atoms with Gasteiger partial charge in [-0.25, -0.2) is 4.79 Å². The number of carbonyl (C=O) groups is 1. The van der Waals surface area contributed by atoms with Crippen molar-refractivity contribution >= 4 is 29.3 Å². The summed E-state index contributed by atoms with van der Waals surface area (Å²) in [4.78, 5) is 11.2. The molecule has 14 heavy (non-hydrogen) atoms. The maximum atomic E-state index is 10.1. The molecule has 1 aromatic rings. The van der Waals surface area contributed by atoms with Crippen molar-refractivity contribution in [3.8, 4) is 0 Å². The molecular weight excluding hydrogens is 220 g/mol. The van der Waals surface area contributed by atoms with Crippen molar-refractivity contribution in [1.82, 2.24) is 0 Å². The van der Waals surface area contributed by atoms with Gasteiger partial charge in [0.05, 0.1) is 0 Å². The predicted molar refractivity (Wildman–Crippen MR) is 59.0 cm³/mol. The second kappa shape index (κ2) is 5.73. The first-order valence-corrected chi connectivity index (χ1v) is 5.32. The van der Waals surface area contributed by atoms with E-state index in [1.54, 1.807) is 17.8 Å². The van der Waals surface area contributed by atoms with E-state index in [-0.39, 0.29) is 0 Å². The summed E-state index contributed by atoms with van der Waals surface area (Å²) in [6, 6.07) is 7.43. The second-order valence-electron chi connectivity index (χ2n) is 2.51. The minimum absolute atomic E-state index is 0.647. The first-order chi connectivity index (χ1) is 6.68. The third-order valence-electron chi connectivity index (χ3n) is 1.42. The molecule has 1 N–H and O–H groups in total. The molecule has 0 spiro atoms. The van der Waals surface area contributed by atoms with Crippen molar-refractivity contribution in [3.63, 3.8) is 0 Å². The molecule has 0 heterocycles. The fourth-order valence-corrected chi connectivity index (χ4v) is 1.66. The van der Waals surface area contributed by atoms with Gasteiger partial charge in [-0.15, -0.1) is 11.8 Å². The SMILES string of the molecule is O=C(O)C=CCSc1ccc(Cl)cc1. The summed E-state index contributed by atoms with van der Waals surface area (Å²) in [5, 5.41) is 9.04. The zero-order valence-corrected chi connectivity index (χ0v) is 8.89. The van der Waals surface area contributed by atoms with Crippen molar-refractivity contribution in [2.45, 2.75) is 4.90 Å². The van der Waals surface area contributed by atoms with Crippen LogP contribution in [0, 0.1) is 0 Å². The number of aliphatic carboxylic acids is 1. The van der Waals surface area contributed by atoms with Crippen LogP contribution >= 0.6 is 23.4 Å². The Bertz CT molecular complexity index is 332. The zero-order valence-electron chi connectivity index (χ0n) is 7.31. The van der Waals surface area contributed by atoms with Crippen LogP contribution < -0.4 is 0 Å². The highest BCUT2D eigenvalue weighted by molar-refractivity contribution is 7.99. The number of carboxylic acids is 1. The fourth-order valence-electron chi connectivity index (χ4n) is 0.824. The lowest BCUT2D eigenvalue weighted by molar-refractivity contribution is -0.131. The van der Waals surface area contributed by atoms with Crippen LogP contribution in [-0.2, 0) is 4.79 Å². The standard InChI is InChI=1S/C10H9ClO2S/c11-8-3-5-9(6-4-8)14-7-1-2-10(12)13/h1-6H,7H2,(H,12,13). The molecule has 4 heteroatoms. The van der Waals surface area contributed by atoms with Crippen LogP contribution in [0.15, 0.2) is 41.3 Å². The molecule has 0 amide bonds. The Morgan fingerprint density at radius 2 is 2.07 bits per heavy atom. The average molecular weight is 229 g/mol. The molecule has 0 bridgehead atoms. The van der Waals surface area contributed by atoms with Gasteiger partial charge in [0.2, 0.25) is 0 Å². The first-order valence-electron chi connectivity index (χ1n) is 3.96. The van der Waals surface area contributed by atoms with Crippen molar-refractivity contribution in [2.24, 2.45) is 0 Å². The topological polar surface area (TPSA) is 37.3 Å². The van der Waals surface area contributed by atoms with Crippen LogP contribution in [0.1, 0.15) is 0 Å². The molecule has 0 unspecified atom stereocenters. The van der Waals surface area contributed by atoms with Gasteiger partial charge in [0.15, 0.2) is 0 Å². The Balaban J connectivity index is 2.39. The average Bonchev–Trinajstić information content (AvgIpc) is 2.15. The summed E-state index contributed by atoms with van der Waals surface area (Å²) in [6.07, 6.45) is 2.75. The van der Waals surface area contributed by atoms with E-state index >= 15 is 0 Å². The maximum Gasteiger partial charge on any atom is 0.328 e. The molecule has 1 rings (SSSR count). The lowest BCUT2D eigenvalue weighted by Gasteiger charge is -1.97. The highest BCUT2D eigenvalue weighted by Gasteiger charge is 1.92. The van der Waals surface area contributed by atoms with E-state index in [0.29, 0.717) is 10.8 Å². The molecule has 0 aromatic heterocycles. The Kier molecular flexibility index (Phi) is 4.56. The minimum Gasteiger partial charge on any atom is -0.478 e. The van der Waals surface area contributed by atoms with Crippen LogP contribution in [-0.4, -0.2) is 16.8 Å². The van der Waals surface area contributed by atoms with Gasteiger partial charge in [0.25, 0.3) is 0 Å². The number of thioether (sulfide) groups is 1. The van der Waals surface area contributed by atoms with Crippen molar-refractivity contribution in [2.75, 3.05) is 5.75 Å². The van der Waals surface area contributed by atoms with E-state index in [9.17, 15) is 4.79 Å². The van der Waals surface area contributed by atoms with E-state index < -0.39 is 5.97 Å². The molecule has 0 saturated carbocycles. The first kappa shape index (κ1) is 11.1. The summed E-state index contributed by atoms with van der Waals surface area (Å²) in [7, 11) is 0. The highest BCUT2D eigenvalue weighted by Crippen LogP contribution is 2.20. The van der Waals surface area contributed by atoms with Crippen LogP contribution in [0.3, 0.4) is 0 Å². The molecule has 0 fully saturated rings. The van der Waals surface area contributed by atoms with Crippen LogP contribution in [0.25, 0.3) is 0 Å². The predicted octanol–water partition coefficient (Wildman–Crippen LogP) is 3.07. The number of benzene rings is 1. The number of rotatable bonds is 4. The molecule has 74 valence electrons. The third-order valence-corrected chi connectivity index (χ3v) is 2.64. The number of hydrogen-bond donors (Lipinski definition) is 1. The summed E-state index contributed by atoms with van der Waals surface area (Å²) in [6.45, 7) is 0. The van der Waals surface area contributed by atoms with E-state index in [1.165, 1.54) is 0 Å². The lowest BCUT2D eigenvalue weighted by atomic mass is 10.4.